The first-order chi connectivity index (χ1) is 10.3. The fourth-order valence-corrected chi connectivity index (χ4v) is 1.92. The minimum Gasteiger partial charge on any atom is -0.494 e. The first kappa shape index (κ1) is 15.0. The summed E-state index contributed by atoms with van der Waals surface area (Å²) in [5.74, 6) is 1.78. The average Bonchev–Trinajstić information content (AvgIpc) is 2.51. The standard InChI is InChI=1S/C17H22N2O2/c1-3-20-16-9-5-14(6-10-16)18-13-19-15-7-11-17(12-8-15)21-4-2/h5-12,18-19H,3-4,13H2,1-2H3. The molecule has 2 N–H and O–H groups in total. The van der Waals surface area contributed by atoms with Gasteiger partial charge in [0.25, 0.3) is 0 Å². The van der Waals surface area contributed by atoms with Crippen LogP contribution in [-0.2, 0) is 0 Å². The van der Waals surface area contributed by atoms with Gasteiger partial charge in [-0.2, -0.15) is 0 Å². The van der Waals surface area contributed by atoms with Crippen LogP contribution in [0.3, 0.4) is 0 Å². The molecule has 0 aliphatic rings. The quantitative estimate of drug-likeness (QED) is 0.721. The second-order valence-corrected chi connectivity index (χ2v) is 4.45. The van der Waals surface area contributed by atoms with E-state index in [0.29, 0.717) is 19.9 Å². The van der Waals surface area contributed by atoms with Gasteiger partial charge in [0, 0.05) is 11.4 Å². The smallest absolute Gasteiger partial charge is 0.119 e. The molecule has 2 aromatic rings. The number of benzene rings is 2. The Labute approximate surface area is 126 Å². The third kappa shape index (κ3) is 4.91. The number of ether oxygens (including phenoxy) is 2. The van der Waals surface area contributed by atoms with Gasteiger partial charge in [-0.05, 0) is 62.4 Å². The summed E-state index contributed by atoms with van der Waals surface area (Å²) in [7, 11) is 0. The molecule has 0 fully saturated rings. The molecule has 4 nitrogen and oxygen atoms in total. The van der Waals surface area contributed by atoms with E-state index in [4.69, 9.17) is 9.47 Å². The fraction of sp³-hybridized carbons (Fsp3) is 0.294. The van der Waals surface area contributed by atoms with Crippen LogP contribution in [-0.4, -0.2) is 19.9 Å². The van der Waals surface area contributed by atoms with Gasteiger partial charge in [0.1, 0.15) is 11.5 Å². The molecule has 0 aliphatic carbocycles. The highest BCUT2D eigenvalue weighted by atomic mass is 16.5. The number of nitrogens with one attached hydrogen (secondary N) is 2. The summed E-state index contributed by atoms with van der Waals surface area (Å²) >= 11 is 0. The van der Waals surface area contributed by atoms with Crippen LogP contribution in [0.25, 0.3) is 0 Å². The van der Waals surface area contributed by atoms with E-state index in [1.165, 1.54) is 0 Å². The maximum atomic E-state index is 5.41. The maximum Gasteiger partial charge on any atom is 0.119 e. The summed E-state index contributed by atoms with van der Waals surface area (Å²) in [4.78, 5) is 0. The molecule has 0 amide bonds. The summed E-state index contributed by atoms with van der Waals surface area (Å²) in [5.41, 5.74) is 2.11. The summed E-state index contributed by atoms with van der Waals surface area (Å²) < 4.78 is 10.8. The molecule has 2 rings (SSSR count). The Morgan fingerprint density at radius 2 is 1.05 bits per heavy atom. The molecular weight excluding hydrogens is 264 g/mol. The average molecular weight is 286 g/mol. The number of rotatable bonds is 8. The third-order valence-electron chi connectivity index (χ3n) is 2.92. The van der Waals surface area contributed by atoms with E-state index < -0.39 is 0 Å². The summed E-state index contributed by atoms with van der Waals surface area (Å²) in [6, 6.07) is 15.9. The molecule has 112 valence electrons. The molecule has 0 heterocycles. The van der Waals surface area contributed by atoms with Gasteiger partial charge in [0.2, 0.25) is 0 Å². The molecule has 0 unspecified atom stereocenters. The molecule has 0 radical (unpaired) electrons. The predicted octanol–water partition coefficient (Wildman–Crippen LogP) is 3.97. The van der Waals surface area contributed by atoms with Gasteiger partial charge >= 0.3 is 0 Å². The van der Waals surface area contributed by atoms with Gasteiger partial charge < -0.3 is 20.1 Å². The van der Waals surface area contributed by atoms with Crippen LogP contribution in [0.2, 0.25) is 0 Å². The van der Waals surface area contributed by atoms with Crippen molar-refractivity contribution in [2.45, 2.75) is 13.8 Å². The normalized spacial score (nSPS) is 10.0. The van der Waals surface area contributed by atoms with Crippen molar-refractivity contribution in [3.8, 4) is 11.5 Å². The van der Waals surface area contributed by atoms with E-state index >= 15 is 0 Å². The molecule has 0 atom stereocenters. The molecule has 21 heavy (non-hydrogen) atoms. The molecule has 0 aromatic heterocycles. The van der Waals surface area contributed by atoms with Crippen molar-refractivity contribution in [3.05, 3.63) is 48.5 Å². The SMILES string of the molecule is CCOc1ccc(NCNc2ccc(OCC)cc2)cc1. The number of hydrogen-bond acceptors (Lipinski definition) is 4. The van der Waals surface area contributed by atoms with Crippen molar-refractivity contribution < 1.29 is 9.47 Å². The highest BCUT2D eigenvalue weighted by Gasteiger charge is 1.96. The Kier molecular flexibility index (Phi) is 5.76. The lowest BCUT2D eigenvalue weighted by molar-refractivity contribution is 0.340. The van der Waals surface area contributed by atoms with Gasteiger partial charge in [-0.25, -0.2) is 0 Å². The van der Waals surface area contributed by atoms with Gasteiger partial charge in [0.15, 0.2) is 0 Å². The highest BCUT2D eigenvalue weighted by Crippen LogP contribution is 2.17. The maximum absolute atomic E-state index is 5.41. The second-order valence-electron chi connectivity index (χ2n) is 4.45. The molecule has 0 aliphatic heterocycles. The topological polar surface area (TPSA) is 42.5 Å². The second kappa shape index (κ2) is 8.04. The number of anilines is 2. The van der Waals surface area contributed by atoms with Crippen molar-refractivity contribution in [1.29, 1.82) is 0 Å². The Balaban J connectivity index is 1.78. The summed E-state index contributed by atoms with van der Waals surface area (Å²) in [6.45, 7) is 5.99. The lowest BCUT2D eigenvalue weighted by Gasteiger charge is -2.11. The van der Waals surface area contributed by atoms with Crippen LogP contribution in [0.15, 0.2) is 48.5 Å². The summed E-state index contributed by atoms with van der Waals surface area (Å²) in [5, 5.41) is 6.61. The van der Waals surface area contributed by atoms with Crippen molar-refractivity contribution in [2.24, 2.45) is 0 Å². The third-order valence-corrected chi connectivity index (χ3v) is 2.92. The zero-order valence-electron chi connectivity index (χ0n) is 12.6. The lowest BCUT2D eigenvalue weighted by Crippen LogP contribution is -2.11. The van der Waals surface area contributed by atoms with Crippen molar-refractivity contribution in [1.82, 2.24) is 0 Å². The van der Waals surface area contributed by atoms with Crippen molar-refractivity contribution in [3.63, 3.8) is 0 Å². The van der Waals surface area contributed by atoms with Crippen LogP contribution in [0.4, 0.5) is 11.4 Å². The van der Waals surface area contributed by atoms with Crippen LogP contribution < -0.4 is 20.1 Å². The Hall–Kier alpha value is -2.36. The lowest BCUT2D eigenvalue weighted by atomic mass is 10.3. The minimum absolute atomic E-state index is 0.655. The Bertz CT molecular complexity index is 474. The van der Waals surface area contributed by atoms with Gasteiger partial charge in [-0.15, -0.1) is 0 Å². The number of hydrogen-bond donors (Lipinski definition) is 2. The van der Waals surface area contributed by atoms with Crippen LogP contribution in [0, 0.1) is 0 Å². The van der Waals surface area contributed by atoms with Crippen LogP contribution >= 0.6 is 0 Å². The first-order valence-electron chi connectivity index (χ1n) is 7.25. The van der Waals surface area contributed by atoms with Crippen molar-refractivity contribution in [2.75, 3.05) is 30.5 Å². The van der Waals surface area contributed by atoms with Crippen LogP contribution in [0.5, 0.6) is 11.5 Å². The molecule has 0 bridgehead atoms. The largest absolute Gasteiger partial charge is 0.494 e. The van der Waals surface area contributed by atoms with Crippen LogP contribution in [0.1, 0.15) is 13.8 Å². The van der Waals surface area contributed by atoms with Gasteiger partial charge in [-0.3, -0.25) is 0 Å². The first-order valence-corrected chi connectivity index (χ1v) is 7.25. The molecule has 0 saturated carbocycles. The Morgan fingerprint density at radius 3 is 1.38 bits per heavy atom. The predicted molar refractivity (Wildman–Crippen MR) is 87.3 cm³/mol. The van der Waals surface area contributed by atoms with Gasteiger partial charge in [0.05, 0.1) is 19.9 Å². The zero-order valence-corrected chi connectivity index (χ0v) is 12.6. The summed E-state index contributed by atoms with van der Waals surface area (Å²) in [6.07, 6.45) is 0. The van der Waals surface area contributed by atoms with E-state index in [1.807, 2.05) is 62.4 Å². The molecular formula is C17H22N2O2. The van der Waals surface area contributed by atoms with E-state index in [1.54, 1.807) is 0 Å². The molecule has 2 aromatic carbocycles. The molecule has 0 spiro atoms. The zero-order chi connectivity index (χ0) is 14.9. The van der Waals surface area contributed by atoms with Crippen molar-refractivity contribution >= 4 is 11.4 Å². The van der Waals surface area contributed by atoms with E-state index in [0.717, 1.165) is 22.9 Å². The fourth-order valence-electron chi connectivity index (χ4n) is 1.92. The van der Waals surface area contributed by atoms with E-state index in [2.05, 4.69) is 10.6 Å². The van der Waals surface area contributed by atoms with E-state index in [9.17, 15) is 0 Å². The minimum atomic E-state index is 0.655. The monoisotopic (exact) mass is 286 g/mol. The highest BCUT2D eigenvalue weighted by molar-refractivity contribution is 5.50. The molecule has 0 saturated heterocycles. The van der Waals surface area contributed by atoms with E-state index in [-0.39, 0.29) is 0 Å². The molecule has 4 heteroatoms. The Morgan fingerprint density at radius 1 is 0.667 bits per heavy atom. The van der Waals surface area contributed by atoms with Gasteiger partial charge in [-0.1, -0.05) is 0 Å².